The second-order valence-corrected chi connectivity index (χ2v) is 4.87. The Kier molecular flexibility index (Phi) is 3.99. The number of amides is 1. The van der Waals surface area contributed by atoms with Crippen LogP contribution < -0.4 is 5.73 Å². The van der Waals surface area contributed by atoms with Gasteiger partial charge in [0.25, 0.3) is 5.91 Å². The highest BCUT2D eigenvalue weighted by atomic mass is 16.5. The van der Waals surface area contributed by atoms with Gasteiger partial charge in [-0.15, -0.1) is 0 Å². The molecule has 1 aliphatic rings. The predicted octanol–water partition coefficient (Wildman–Crippen LogP) is 1.39. The summed E-state index contributed by atoms with van der Waals surface area (Å²) >= 11 is 0. The van der Waals surface area contributed by atoms with E-state index in [1.807, 2.05) is 43.0 Å². The van der Waals surface area contributed by atoms with Gasteiger partial charge in [0.05, 0.1) is 12.2 Å². The summed E-state index contributed by atoms with van der Waals surface area (Å²) in [7, 11) is 0. The lowest BCUT2D eigenvalue weighted by molar-refractivity contribution is -0.0586. The summed E-state index contributed by atoms with van der Waals surface area (Å²) in [5.74, 6) is 0.0700. The third-order valence-electron chi connectivity index (χ3n) is 3.14. The molecule has 2 N–H and O–H groups in total. The van der Waals surface area contributed by atoms with Gasteiger partial charge in [0.15, 0.2) is 0 Å². The highest BCUT2D eigenvalue weighted by Gasteiger charge is 2.26. The first-order valence-corrected chi connectivity index (χ1v) is 6.34. The van der Waals surface area contributed by atoms with E-state index in [-0.39, 0.29) is 18.1 Å². The van der Waals surface area contributed by atoms with Crippen LogP contribution >= 0.6 is 0 Å². The van der Waals surface area contributed by atoms with E-state index < -0.39 is 0 Å². The van der Waals surface area contributed by atoms with E-state index in [1.54, 1.807) is 0 Å². The van der Waals surface area contributed by atoms with E-state index in [4.69, 9.17) is 10.5 Å². The van der Waals surface area contributed by atoms with Crippen molar-refractivity contribution >= 4 is 5.91 Å². The smallest absolute Gasteiger partial charge is 0.254 e. The number of morpholine rings is 1. The van der Waals surface area contributed by atoms with Crippen LogP contribution in [-0.2, 0) is 11.3 Å². The molecule has 0 aromatic heterocycles. The van der Waals surface area contributed by atoms with Gasteiger partial charge in [-0.3, -0.25) is 4.79 Å². The number of carbonyl (C=O) groups is 1. The monoisotopic (exact) mass is 248 g/mol. The summed E-state index contributed by atoms with van der Waals surface area (Å²) in [5.41, 5.74) is 7.30. The Balaban J connectivity index is 2.09. The van der Waals surface area contributed by atoms with Crippen molar-refractivity contribution in [3.63, 3.8) is 0 Å². The predicted molar refractivity (Wildman–Crippen MR) is 70.2 cm³/mol. The van der Waals surface area contributed by atoms with Crippen LogP contribution in [0.1, 0.15) is 29.8 Å². The lowest BCUT2D eigenvalue weighted by atomic mass is 10.1. The first-order chi connectivity index (χ1) is 8.60. The van der Waals surface area contributed by atoms with Gasteiger partial charge in [0, 0.05) is 25.2 Å². The average molecular weight is 248 g/mol. The van der Waals surface area contributed by atoms with Gasteiger partial charge in [0.2, 0.25) is 0 Å². The summed E-state index contributed by atoms with van der Waals surface area (Å²) < 4.78 is 5.63. The van der Waals surface area contributed by atoms with Crippen LogP contribution in [0.2, 0.25) is 0 Å². The minimum atomic E-state index is 0.0700. The average Bonchev–Trinajstić information content (AvgIpc) is 2.37. The Morgan fingerprint density at radius 3 is 2.33 bits per heavy atom. The highest BCUT2D eigenvalue weighted by Crippen LogP contribution is 2.14. The molecule has 1 amide bonds. The minimum absolute atomic E-state index is 0.0700. The van der Waals surface area contributed by atoms with Gasteiger partial charge in [-0.05, 0) is 31.5 Å². The van der Waals surface area contributed by atoms with Crippen LogP contribution in [0.3, 0.4) is 0 Å². The van der Waals surface area contributed by atoms with E-state index in [0.717, 1.165) is 5.56 Å². The molecule has 98 valence electrons. The maximum atomic E-state index is 12.3. The van der Waals surface area contributed by atoms with Crippen molar-refractivity contribution < 1.29 is 9.53 Å². The van der Waals surface area contributed by atoms with Crippen molar-refractivity contribution in [3.8, 4) is 0 Å². The Hall–Kier alpha value is -1.39. The molecule has 1 aromatic carbocycles. The maximum Gasteiger partial charge on any atom is 0.254 e. The fraction of sp³-hybridized carbons (Fsp3) is 0.500. The van der Waals surface area contributed by atoms with E-state index in [1.165, 1.54) is 0 Å². The topological polar surface area (TPSA) is 55.6 Å². The zero-order valence-electron chi connectivity index (χ0n) is 10.9. The molecule has 0 saturated carbocycles. The lowest BCUT2D eigenvalue weighted by Gasteiger charge is -2.35. The van der Waals surface area contributed by atoms with Crippen molar-refractivity contribution in [3.05, 3.63) is 35.4 Å². The molecule has 0 unspecified atom stereocenters. The van der Waals surface area contributed by atoms with Crippen LogP contribution in [0.25, 0.3) is 0 Å². The standard InChI is InChI=1S/C14H20N2O2/c1-10-8-16(9-11(2)18-10)14(17)13-5-3-12(7-15)4-6-13/h3-6,10-11H,7-9,15H2,1-2H3/t10-,11-/m0/s1. The Morgan fingerprint density at radius 2 is 1.83 bits per heavy atom. The number of ether oxygens (including phenoxy) is 1. The minimum Gasteiger partial charge on any atom is -0.372 e. The first-order valence-electron chi connectivity index (χ1n) is 6.34. The van der Waals surface area contributed by atoms with Gasteiger partial charge < -0.3 is 15.4 Å². The number of benzene rings is 1. The van der Waals surface area contributed by atoms with Crippen LogP contribution in [0.15, 0.2) is 24.3 Å². The number of rotatable bonds is 2. The van der Waals surface area contributed by atoms with Crippen molar-refractivity contribution in [1.29, 1.82) is 0 Å². The molecular formula is C14H20N2O2. The molecule has 2 rings (SSSR count). The first kappa shape index (κ1) is 13.1. The number of hydrogen-bond donors (Lipinski definition) is 1. The normalized spacial score (nSPS) is 24.1. The van der Waals surface area contributed by atoms with E-state index in [2.05, 4.69) is 0 Å². The van der Waals surface area contributed by atoms with Gasteiger partial charge in [-0.2, -0.15) is 0 Å². The Labute approximate surface area is 108 Å². The molecular weight excluding hydrogens is 228 g/mol. The van der Waals surface area contributed by atoms with Gasteiger partial charge in [-0.25, -0.2) is 0 Å². The van der Waals surface area contributed by atoms with Gasteiger partial charge >= 0.3 is 0 Å². The van der Waals surface area contributed by atoms with Gasteiger partial charge in [0.1, 0.15) is 0 Å². The van der Waals surface area contributed by atoms with Crippen LogP contribution in [-0.4, -0.2) is 36.1 Å². The molecule has 18 heavy (non-hydrogen) atoms. The maximum absolute atomic E-state index is 12.3. The molecule has 1 aromatic rings. The fourth-order valence-corrected chi connectivity index (χ4v) is 2.31. The molecule has 1 saturated heterocycles. The third-order valence-corrected chi connectivity index (χ3v) is 3.14. The summed E-state index contributed by atoms with van der Waals surface area (Å²) in [6.45, 7) is 5.80. The number of nitrogens with zero attached hydrogens (tertiary/aromatic N) is 1. The molecule has 1 heterocycles. The molecule has 1 aliphatic heterocycles. The Morgan fingerprint density at radius 1 is 1.28 bits per heavy atom. The zero-order valence-corrected chi connectivity index (χ0v) is 10.9. The second-order valence-electron chi connectivity index (χ2n) is 4.87. The largest absolute Gasteiger partial charge is 0.372 e. The lowest BCUT2D eigenvalue weighted by Crippen LogP contribution is -2.48. The quantitative estimate of drug-likeness (QED) is 0.860. The van der Waals surface area contributed by atoms with E-state index in [9.17, 15) is 4.79 Å². The highest BCUT2D eigenvalue weighted by molar-refractivity contribution is 5.94. The summed E-state index contributed by atoms with van der Waals surface area (Å²) in [5, 5.41) is 0. The van der Waals surface area contributed by atoms with Crippen LogP contribution in [0.4, 0.5) is 0 Å². The summed E-state index contributed by atoms with van der Waals surface area (Å²) in [4.78, 5) is 14.2. The molecule has 0 aliphatic carbocycles. The van der Waals surface area contributed by atoms with Crippen LogP contribution in [0.5, 0.6) is 0 Å². The van der Waals surface area contributed by atoms with Gasteiger partial charge in [-0.1, -0.05) is 12.1 Å². The summed E-state index contributed by atoms with van der Waals surface area (Å²) in [6, 6.07) is 7.49. The van der Waals surface area contributed by atoms with Crippen LogP contribution in [0, 0.1) is 0 Å². The molecule has 4 heteroatoms. The number of hydrogen-bond acceptors (Lipinski definition) is 3. The van der Waals surface area contributed by atoms with Crippen molar-refractivity contribution in [1.82, 2.24) is 4.90 Å². The molecule has 0 spiro atoms. The zero-order chi connectivity index (χ0) is 13.1. The third kappa shape index (κ3) is 2.89. The van der Waals surface area contributed by atoms with E-state index in [0.29, 0.717) is 25.2 Å². The van der Waals surface area contributed by atoms with Crippen molar-refractivity contribution in [2.24, 2.45) is 5.73 Å². The Bertz CT molecular complexity index is 406. The van der Waals surface area contributed by atoms with E-state index >= 15 is 0 Å². The molecule has 1 fully saturated rings. The number of carbonyl (C=O) groups excluding carboxylic acids is 1. The molecule has 0 radical (unpaired) electrons. The molecule has 0 bridgehead atoms. The van der Waals surface area contributed by atoms with Crippen molar-refractivity contribution in [2.75, 3.05) is 13.1 Å². The fourth-order valence-electron chi connectivity index (χ4n) is 2.31. The molecule has 2 atom stereocenters. The SMILES string of the molecule is C[C@H]1CN(C(=O)c2ccc(CN)cc2)C[C@H](C)O1. The second kappa shape index (κ2) is 5.50. The molecule has 4 nitrogen and oxygen atoms in total. The van der Waals surface area contributed by atoms with Crippen molar-refractivity contribution in [2.45, 2.75) is 32.6 Å². The number of nitrogens with two attached hydrogens (primary N) is 1. The summed E-state index contributed by atoms with van der Waals surface area (Å²) in [6.07, 6.45) is 0.196.